The molecule has 0 spiro atoms. The number of rotatable bonds is 1. The van der Waals surface area contributed by atoms with Gasteiger partial charge in [0.2, 0.25) is 0 Å². The van der Waals surface area contributed by atoms with Crippen molar-refractivity contribution in [3.8, 4) is 0 Å². The minimum atomic E-state index is 0.740. The molecule has 3 nitrogen and oxygen atoms in total. The number of aliphatic imine (C=N–C) groups is 1. The predicted octanol–water partition coefficient (Wildman–Crippen LogP) is 1.19. The molecule has 0 aliphatic carbocycles. The molecule has 11 heavy (non-hydrogen) atoms. The quantitative estimate of drug-likeness (QED) is 0.267. The van der Waals surface area contributed by atoms with Gasteiger partial charge in [0.25, 0.3) is 0 Å². The van der Waals surface area contributed by atoms with Crippen LogP contribution in [-0.4, -0.2) is 12.9 Å². The smallest absolute Gasteiger partial charge is 0.153 e. The lowest BCUT2D eigenvalue weighted by molar-refractivity contribution is 1.02. The molecule has 0 bridgehead atoms. The second-order valence-corrected chi connectivity index (χ2v) is 3.89. The van der Waals surface area contributed by atoms with Crippen molar-refractivity contribution in [2.24, 2.45) is 10.8 Å². The van der Waals surface area contributed by atoms with Crippen LogP contribution in [0.2, 0.25) is 0 Å². The first-order chi connectivity index (χ1) is 5.29. The lowest BCUT2D eigenvalue weighted by Crippen LogP contribution is -2.30. The molecule has 0 saturated carbocycles. The summed E-state index contributed by atoms with van der Waals surface area (Å²) in [6, 6.07) is 2.03. The molecule has 3 N–H and O–H groups in total. The van der Waals surface area contributed by atoms with E-state index in [0.717, 1.165) is 10.7 Å². The van der Waals surface area contributed by atoms with Gasteiger partial charge in [-0.1, -0.05) is 0 Å². The first-order valence-electron chi connectivity index (χ1n) is 2.96. The molecule has 0 atom stereocenters. The topological polar surface area (TPSA) is 50.4 Å². The number of hydrogen-bond acceptors (Lipinski definition) is 3. The first kappa shape index (κ1) is 8.95. The number of nitrogens with zero attached hydrogens (tertiary/aromatic N) is 1. The summed E-state index contributed by atoms with van der Waals surface area (Å²) < 4.78 is 1.17. The van der Waals surface area contributed by atoms with Gasteiger partial charge in [-0.05, 0) is 34.0 Å². The van der Waals surface area contributed by atoms with Crippen LogP contribution in [0.1, 0.15) is 4.88 Å². The lowest BCUT2D eigenvalue weighted by Gasteiger charge is -2.00. The van der Waals surface area contributed by atoms with E-state index in [2.05, 4.69) is 33.0 Å². The van der Waals surface area contributed by atoms with Crippen molar-refractivity contribution in [1.82, 2.24) is 5.43 Å². The van der Waals surface area contributed by atoms with Gasteiger partial charge in [0.05, 0.1) is 4.88 Å². The van der Waals surface area contributed by atoms with E-state index in [0.29, 0.717) is 0 Å². The fourth-order valence-corrected chi connectivity index (χ4v) is 2.54. The third-order valence-electron chi connectivity index (χ3n) is 1.19. The molecule has 0 aliphatic rings. The van der Waals surface area contributed by atoms with Gasteiger partial charge in [0.15, 0.2) is 5.84 Å². The number of hydrogen-bond donors (Lipinski definition) is 2. The number of nitrogens with two attached hydrogens (primary N) is 1. The SMILES string of the molecule is CN=C(NN)c1sccc1I. The predicted molar refractivity (Wildman–Crippen MR) is 56.8 cm³/mol. The average molecular weight is 281 g/mol. The van der Waals surface area contributed by atoms with E-state index in [1.807, 2.05) is 11.4 Å². The van der Waals surface area contributed by atoms with Crippen LogP contribution in [0.4, 0.5) is 0 Å². The van der Waals surface area contributed by atoms with Crippen molar-refractivity contribution < 1.29 is 0 Å². The Kier molecular flexibility index (Phi) is 3.28. The molecule has 1 heterocycles. The number of thiophene rings is 1. The lowest BCUT2D eigenvalue weighted by atomic mass is 10.4. The molecule has 0 radical (unpaired) electrons. The Morgan fingerprint density at radius 2 is 2.55 bits per heavy atom. The Morgan fingerprint density at radius 1 is 1.82 bits per heavy atom. The molecule has 0 aliphatic heterocycles. The van der Waals surface area contributed by atoms with Crippen LogP contribution in [0.5, 0.6) is 0 Å². The van der Waals surface area contributed by atoms with Crippen molar-refractivity contribution in [3.63, 3.8) is 0 Å². The normalized spacial score (nSPS) is 11.7. The van der Waals surface area contributed by atoms with E-state index in [4.69, 9.17) is 5.84 Å². The average Bonchev–Trinajstić information content (AvgIpc) is 2.40. The van der Waals surface area contributed by atoms with Crippen molar-refractivity contribution in [2.75, 3.05) is 7.05 Å². The summed E-state index contributed by atoms with van der Waals surface area (Å²) in [4.78, 5) is 5.09. The summed E-state index contributed by atoms with van der Waals surface area (Å²) in [6.45, 7) is 0. The highest BCUT2D eigenvalue weighted by molar-refractivity contribution is 14.1. The highest BCUT2D eigenvalue weighted by atomic mass is 127. The second kappa shape index (κ2) is 4.03. The van der Waals surface area contributed by atoms with Crippen molar-refractivity contribution >= 4 is 39.8 Å². The highest BCUT2D eigenvalue weighted by Crippen LogP contribution is 2.18. The van der Waals surface area contributed by atoms with Gasteiger partial charge in [-0.3, -0.25) is 4.99 Å². The van der Waals surface area contributed by atoms with Crippen LogP contribution in [0.25, 0.3) is 0 Å². The van der Waals surface area contributed by atoms with E-state index >= 15 is 0 Å². The van der Waals surface area contributed by atoms with Gasteiger partial charge in [-0.15, -0.1) is 11.3 Å². The van der Waals surface area contributed by atoms with Gasteiger partial charge in [0.1, 0.15) is 0 Å². The molecule has 1 aromatic heterocycles. The van der Waals surface area contributed by atoms with Crippen LogP contribution in [-0.2, 0) is 0 Å². The third kappa shape index (κ3) is 1.91. The van der Waals surface area contributed by atoms with E-state index in [1.54, 1.807) is 18.4 Å². The van der Waals surface area contributed by atoms with Crippen LogP contribution in [0, 0.1) is 3.57 Å². The summed E-state index contributed by atoms with van der Waals surface area (Å²) in [7, 11) is 1.71. The van der Waals surface area contributed by atoms with Crippen LogP contribution < -0.4 is 11.3 Å². The fourth-order valence-electron chi connectivity index (χ4n) is 0.694. The molecule has 0 amide bonds. The largest absolute Gasteiger partial charge is 0.308 e. The zero-order chi connectivity index (χ0) is 8.27. The zero-order valence-corrected chi connectivity index (χ0v) is 8.94. The monoisotopic (exact) mass is 281 g/mol. The molecule has 1 aromatic rings. The maximum atomic E-state index is 5.27. The number of amidine groups is 1. The van der Waals surface area contributed by atoms with E-state index in [1.165, 1.54) is 3.57 Å². The van der Waals surface area contributed by atoms with E-state index in [-0.39, 0.29) is 0 Å². The van der Waals surface area contributed by atoms with Crippen molar-refractivity contribution in [2.45, 2.75) is 0 Å². The summed E-state index contributed by atoms with van der Waals surface area (Å²) in [5.41, 5.74) is 2.55. The summed E-state index contributed by atoms with van der Waals surface area (Å²) in [5, 5.41) is 2.01. The summed E-state index contributed by atoms with van der Waals surface area (Å²) >= 11 is 3.88. The van der Waals surface area contributed by atoms with Gasteiger partial charge in [-0.25, -0.2) is 5.84 Å². The molecular weight excluding hydrogens is 273 g/mol. The van der Waals surface area contributed by atoms with Crippen molar-refractivity contribution in [1.29, 1.82) is 0 Å². The Bertz CT molecular complexity index is 269. The van der Waals surface area contributed by atoms with Gasteiger partial charge in [-0.2, -0.15) is 0 Å². The first-order valence-corrected chi connectivity index (χ1v) is 4.92. The minimum absolute atomic E-state index is 0.740. The van der Waals surface area contributed by atoms with Crippen LogP contribution in [0.3, 0.4) is 0 Å². The molecule has 0 saturated heterocycles. The van der Waals surface area contributed by atoms with Gasteiger partial charge >= 0.3 is 0 Å². The molecule has 1 rings (SSSR count). The fraction of sp³-hybridized carbons (Fsp3) is 0.167. The molecular formula is C6H8IN3S. The summed E-state index contributed by atoms with van der Waals surface area (Å²) in [5.74, 6) is 6.01. The maximum Gasteiger partial charge on any atom is 0.153 e. The number of hydrazine groups is 1. The Morgan fingerprint density at radius 3 is 2.91 bits per heavy atom. The Hall–Kier alpha value is -0.140. The molecule has 0 unspecified atom stereocenters. The van der Waals surface area contributed by atoms with E-state index in [9.17, 15) is 0 Å². The van der Waals surface area contributed by atoms with Gasteiger partial charge < -0.3 is 5.43 Å². The number of nitrogens with one attached hydrogen (secondary N) is 1. The maximum absolute atomic E-state index is 5.27. The number of halogens is 1. The standard InChI is InChI=1S/C6H8IN3S/c1-9-6(10-8)5-4(7)2-3-11-5/h2-3H,8H2,1H3,(H,9,10). The van der Waals surface area contributed by atoms with Crippen LogP contribution >= 0.6 is 33.9 Å². The highest BCUT2D eigenvalue weighted by Gasteiger charge is 2.05. The third-order valence-corrected chi connectivity index (χ3v) is 3.38. The Balaban J connectivity index is 3.00. The summed E-state index contributed by atoms with van der Waals surface area (Å²) in [6.07, 6.45) is 0. The second-order valence-electron chi connectivity index (χ2n) is 1.81. The minimum Gasteiger partial charge on any atom is -0.308 e. The Labute approximate surface area is 82.8 Å². The molecule has 60 valence electrons. The van der Waals surface area contributed by atoms with Crippen LogP contribution in [0.15, 0.2) is 16.4 Å². The van der Waals surface area contributed by atoms with E-state index < -0.39 is 0 Å². The van der Waals surface area contributed by atoms with Gasteiger partial charge in [0, 0.05) is 10.6 Å². The molecule has 0 aromatic carbocycles. The zero-order valence-electron chi connectivity index (χ0n) is 5.97. The van der Waals surface area contributed by atoms with Crippen molar-refractivity contribution in [3.05, 3.63) is 19.9 Å². The molecule has 5 heteroatoms. The molecule has 0 fully saturated rings.